The summed E-state index contributed by atoms with van der Waals surface area (Å²) in [7, 11) is 0. The number of aromatic nitrogens is 3. The van der Waals surface area contributed by atoms with Gasteiger partial charge in [0.05, 0.1) is 10.7 Å². The highest BCUT2D eigenvalue weighted by Gasteiger charge is 2.14. The Bertz CT molecular complexity index is 996. The Morgan fingerprint density at radius 2 is 1.92 bits per heavy atom. The van der Waals surface area contributed by atoms with Crippen LogP contribution < -0.4 is 10.9 Å². The molecule has 1 amide bonds. The number of halogens is 1. The number of aryl methyl sites for hydroxylation is 2. The fourth-order valence-electron chi connectivity index (χ4n) is 2.61. The molecule has 1 aromatic carbocycles. The number of nitrogens with zero attached hydrogens (tertiary/aromatic N) is 3. The molecular formula is C19H17ClN4O2. The van der Waals surface area contributed by atoms with Gasteiger partial charge in [-0.15, -0.1) is 0 Å². The summed E-state index contributed by atoms with van der Waals surface area (Å²) in [5.74, 6) is 0.0627. The molecule has 0 aliphatic rings. The van der Waals surface area contributed by atoms with Crippen molar-refractivity contribution in [3.05, 3.63) is 75.4 Å². The Labute approximate surface area is 155 Å². The summed E-state index contributed by atoms with van der Waals surface area (Å²) < 4.78 is 1.34. The van der Waals surface area contributed by atoms with E-state index in [1.807, 2.05) is 19.1 Å². The van der Waals surface area contributed by atoms with Crippen LogP contribution in [0.4, 0.5) is 5.69 Å². The third-order valence-electron chi connectivity index (χ3n) is 3.86. The van der Waals surface area contributed by atoms with E-state index in [0.29, 0.717) is 27.8 Å². The highest BCUT2D eigenvalue weighted by molar-refractivity contribution is 6.33. The summed E-state index contributed by atoms with van der Waals surface area (Å²) in [6.07, 6.45) is 3.22. The molecule has 0 unspecified atom stereocenters. The SMILES string of the molecule is Cc1cc(=O)n(CC(=O)Nc2c(C)cccc2Cl)c(-c2ccncc2)n1. The zero-order chi connectivity index (χ0) is 18.7. The summed E-state index contributed by atoms with van der Waals surface area (Å²) in [5.41, 5.74) is 2.38. The van der Waals surface area contributed by atoms with Gasteiger partial charge in [0, 0.05) is 29.7 Å². The van der Waals surface area contributed by atoms with Crippen molar-refractivity contribution in [3.8, 4) is 11.4 Å². The second kappa shape index (κ2) is 7.49. The minimum Gasteiger partial charge on any atom is -0.323 e. The van der Waals surface area contributed by atoms with E-state index in [1.54, 1.807) is 37.5 Å². The Kier molecular flexibility index (Phi) is 5.14. The number of pyridine rings is 1. The van der Waals surface area contributed by atoms with Crippen molar-refractivity contribution >= 4 is 23.2 Å². The van der Waals surface area contributed by atoms with Crippen molar-refractivity contribution in [2.24, 2.45) is 0 Å². The van der Waals surface area contributed by atoms with Gasteiger partial charge in [0.2, 0.25) is 5.91 Å². The maximum atomic E-state index is 12.5. The zero-order valence-corrected chi connectivity index (χ0v) is 15.1. The molecule has 2 heterocycles. The van der Waals surface area contributed by atoms with Crippen LogP contribution in [0.1, 0.15) is 11.3 Å². The fraction of sp³-hybridized carbons (Fsp3) is 0.158. The predicted molar refractivity (Wildman–Crippen MR) is 101 cm³/mol. The van der Waals surface area contributed by atoms with Crippen LogP contribution in [0.5, 0.6) is 0 Å². The van der Waals surface area contributed by atoms with E-state index < -0.39 is 0 Å². The van der Waals surface area contributed by atoms with Crippen LogP contribution >= 0.6 is 11.6 Å². The maximum Gasteiger partial charge on any atom is 0.254 e. The summed E-state index contributed by atoms with van der Waals surface area (Å²) in [6, 6.07) is 10.2. The number of rotatable bonds is 4. The Balaban J connectivity index is 1.95. The molecule has 0 spiro atoms. The Hall–Kier alpha value is -2.99. The molecule has 0 radical (unpaired) electrons. The second-order valence-corrected chi connectivity index (χ2v) is 6.27. The average Bonchev–Trinajstić information content (AvgIpc) is 2.61. The van der Waals surface area contributed by atoms with Crippen molar-refractivity contribution < 1.29 is 4.79 Å². The van der Waals surface area contributed by atoms with Crippen LogP contribution in [0.3, 0.4) is 0 Å². The lowest BCUT2D eigenvalue weighted by atomic mass is 10.2. The number of anilines is 1. The first kappa shape index (κ1) is 17.8. The zero-order valence-electron chi connectivity index (χ0n) is 14.4. The average molecular weight is 369 g/mol. The van der Waals surface area contributed by atoms with Crippen LogP contribution in [-0.2, 0) is 11.3 Å². The molecule has 0 aliphatic carbocycles. The standard InChI is InChI=1S/C19H17ClN4O2/c1-12-4-3-5-15(20)18(12)23-16(25)11-24-17(26)10-13(2)22-19(24)14-6-8-21-9-7-14/h3-10H,11H2,1-2H3,(H,23,25). The van der Waals surface area contributed by atoms with Gasteiger partial charge in [-0.3, -0.25) is 19.1 Å². The molecule has 3 aromatic rings. The van der Waals surface area contributed by atoms with E-state index in [9.17, 15) is 9.59 Å². The number of carbonyl (C=O) groups is 1. The number of nitrogens with one attached hydrogen (secondary N) is 1. The molecule has 0 saturated carbocycles. The summed E-state index contributed by atoms with van der Waals surface area (Å²) in [5, 5.41) is 3.22. The lowest BCUT2D eigenvalue weighted by Gasteiger charge is -2.14. The molecule has 26 heavy (non-hydrogen) atoms. The molecule has 132 valence electrons. The fourth-order valence-corrected chi connectivity index (χ4v) is 2.88. The van der Waals surface area contributed by atoms with Crippen molar-refractivity contribution in [2.45, 2.75) is 20.4 Å². The lowest BCUT2D eigenvalue weighted by Crippen LogP contribution is -2.29. The Morgan fingerprint density at radius 3 is 2.62 bits per heavy atom. The molecule has 3 rings (SSSR count). The van der Waals surface area contributed by atoms with Crippen LogP contribution in [0.2, 0.25) is 5.02 Å². The quantitative estimate of drug-likeness (QED) is 0.767. The van der Waals surface area contributed by atoms with E-state index in [0.717, 1.165) is 5.56 Å². The molecule has 6 nitrogen and oxygen atoms in total. The van der Waals surface area contributed by atoms with E-state index >= 15 is 0 Å². The monoisotopic (exact) mass is 368 g/mol. The lowest BCUT2D eigenvalue weighted by molar-refractivity contribution is -0.116. The van der Waals surface area contributed by atoms with Gasteiger partial charge in [0.15, 0.2) is 0 Å². The number of benzene rings is 1. The van der Waals surface area contributed by atoms with Crippen LogP contribution in [0, 0.1) is 13.8 Å². The maximum absolute atomic E-state index is 12.5. The van der Waals surface area contributed by atoms with Crippen LogP contribution in [0.15, 0.2) is 53.6 Å². The number of amides is 1. The molecule has 0 bridgehead atoms. The number of hydrogen-bond donors (Lipinski definition) is 1. The molecular weight excluding hydrogens is 352 g/mol. The number of para-hydroxylation sites is 1. The molecule has 0 fully saturated rings. The van der Waals surface area contributed by atoms with Crippen molar-refractivity contribution in [3.63, 3.8) is 0 Å². The summed E-state index contributed by atoms with van der Waals surface area (Å²) in [4.78, 5) is 33.4. The Morgan fingerprint density at radius 1 is 1.19 bits per heavy atom. The van der Waals surface area contributed by atoms with Gasteiger partial charge in [-0.25, -0.2) is 4.98 Å². The number of carbonyl (C=O) groups excluding carboxylic acids is 1. The van der Waals surface area contributed by atoms with Crippen LogP contribution in [0.25, 0.3) is 11.4 Å². The first-order chi connectivity index (χ1) is 12.5. The molecule has 0 saturated heterocycles. The smallest absolute Gasteiger partial charge is 0.254 e. The van der Waals surface area contributed by atoms with E-state index in [-0.39, 0.29) is 18.0 Å². The third kappa shape index (κ3) is 3.81. The van der Waals surface area contributed by atoms with Gasteiger partial charge < -0.3 is 5.32 Å². The molecule has 7 heteroatoms. The molecule has 2 aromatic heterocycles. The topological polar surface area (TPSA) is 76.9 Å². The first-order valence-corrected chi connectivity index (χ1v) is 8.37. The van der Waals surface area contributed by atoms with Crippen molar-refractivity contribution in [1.82, 2.24) is 14.5 Å². The van der Waals surface area contributed by atoms with E-state index in [2.05, 4.69) is 15.3 Å². The van der Waals surface area contributed by atoms with Gasteiger partial charge in [0.1, 0.15) is 12.4 Å². The third-order valence-corrected chi connectivity index (χ3v) is 4.18. The van der Waals surface area contributed by atoms with Crippen molar-refractivity contribution in [2.75, 3.05) is 5.32 Å². The van der Waals surface area contributed by atoms with E-state index in [1.165, 1.54) is 10.6 Å². The van der Waals surface area contributed by atoms with Gasteiger partial charge in [-0.2, -0.15) is 0 Å². The summed E-state index contributed by atoms with van der Waals surface area (Å²) in [6.45, 7) is 3.42. The number of hydrogen-bond acceptors (Lipinski definition) is 4. The molecule has 0 atom stereocenters. The van der Waals surface area contributed by atoms with Gasteiger partial charge in [0.25, 0.3) is 5.56 Å². The normalized spacial score (nSPS) is 10.6. The first-order valence-electron chi connectivity index (χ1n) is 7.99. The molecule has 0 aliphatic heterocycles. The highest BCUT2D eigenvalue weighted by atomic mass is 35.5. The minimum atomic E-state index is -0.357. The highest BCUT2D eigenvalue weighted by Crippen LogP contribution is 2.25. The van der Waals surface area contributed by atoms with Gasteiger partial charge >= 0.3 is 0 Å². The predicted octanol–water partition coefficient (Wildman–Crippen LogP) is 3.21. The summed E-state index contributed by atoms with van der Waals surface area (Å²) >= 11 is 6.15. The van der Waals surface area contributed by atoms with E-state index in [4.69, 9.17) is 11.6 Å². The largest absolute Gasteiger partial charge is 0.323 e. The minimum absolute atomic E-state index is 0.172. The van der Waals surface area contributed by atoms with Gasteiger partial charge in [-0.1, -0.05) is 23.7 Å². The van der Waals surface area contributed by atoms with Crippen LogP contribution in [-0.4, -0.2) is 20.4 Å². The van der Waals surface area contributed by atoms with Crippen molar-refractivity contribution in [1.29, 1.82) is 0 Å². The van der Waals surface area contributed by atoms with Gasteiger partial charge in [-0.05, 0) is 37.6 Å². The second-order valence-electron chi connectivity index (χ2n) is 5.86. The molecule has 1 N–H and O–H groups in total.